The van der Waals surface area contributed by atoms with Crippen molar-refractivity contribution in [2.24, 2.45) is 5.84 Å². The third-order valence-corrected chi connectivity index (χ3v) is 1.64. The molecule has 6 N–H and O–H groups in total. The van der Waals surface area contributed by atoms with Gasteiger partial charge in [0.1, 0.15) is 5.75 Å². The summed E-state index contributed by atoms with van der Waals surface area (Å²) >= 11 is 5.79. The SMILES string of the molecule is COc1ccc(NN)c(Cl)c1.O=P(O)(O)O. The van der Waals surface area contributed by atoms with E-state index < -0.39 is 7.82 Å². The second-order valence-corrected chi connectivity index (χ2v) is 3.94. The molecule has 0 spiro atoms. The zero-order valence-electron chi connectivity index (χ0n) is 8.29. The molecule has 0 unspecified atom stereocenters. The summed E-state index contributed by atoms with van der Waals surface area (Å²) in [7, 11) is -3.05. The van der Waals surface area contributed by atoms with Crippen LogP contribution in [0, 0.1) is 0 Å². The molecule has 92 valence electrons. The van der Waals surface area contributed by atoms with Gasteiger partial charge in [-0.1, -0.05) is 11.6 Å². The van der Waals surface area contributed by atoms with Gasteiger partial charge in [-0.15, -0.1) is 0 Å². The van der Waals surface area contributed by atoms with Gasteiger partial charge in [0.05, 0.1) is 17.8 Å². The highest BCUT2D eigenvalue weighted by atomic mass is 35.5. The van der Waals surface area contributed by atoms with E-state index in [4.69, 9.17) is 41.4 Å². The number of phosphoric acid groups is 1. The van der Waals surface area contributed by atoms with Crippen molar-refractivity contribution in [3.8, 4) is 5.75 Å². The summed E-state index contributed by atoms with van der Waals surface area (Å²) in [4.78, 5) is 21.6. The fourth-order valence-corrected chi connectivity index (χ4v) is 0.965. The van der Waals surface area contributed by atoms with Gasteiger partial charge in [0.25, 0.3) is 0 Å². The highest BCUT2D eigenvalue weighted by Crippen LogP contribution is 2.26. The Hall–Kier alpha value is -0.820. The third kappa shape index (κ3) is 7.47. The van der Waals surface area contributed by atoms with Crippen molar-refractivity contribution in [3.05, 3.63) is 23.2 Å². The normalized spacial score (nSPS) is 10.1. The number of rotatable bonds is 2. The minimum absolute atomic E-state index is 0.548. The molecule has 0 aliphatic heterocycles. The van der Waals surface area contributed by atoms with E-state index in [1.807, 2.05) is 0 Å². The summed E-state index contributed by atoms with van der Waals surface area (Å²) in [5.41, 5.74) is 3.15. The number of nitrogens with two attached hydrogens (primary N) is 1. The fraction of sp³-hybridized carbons (Fsp3) is 0.143. The van der Waals surface area contributed by atoms with E-state index in [-0.39, 0.29) is 0 Å². The Bertz CT molecular complexity index is 375. The van der Waals surface area contributed by atoms with Gasteiger partial charge in [-0.05, 0) is 12.1 Å². The van der Waals surface area contributed by atoms with Crippen LogP contribution in [0.4, 0.5) is 5.69 Å². The van der Waals surface area contributed by atoms with Gasteiger partial charge in [-0.3, -0.25) is 5.84 Å². The lowest BCUT2D eigenvalue weighted by atomic mass is 10.3. The lowest BCUT2D eigenvalue weighted by Gasteiger charge is -2.04. The Balaban J connectivity index is 0.000000385. The van der Waals surface area contributed by atoms with Crippen molar-refractivity contribution in [3.63, 3.8) is 0 Å². The molecular formula is C7H12ClN2O5P. The molecule has 1 rings (SSSR count). The molecule has 0 aromatic heterocycles. The van der Waals surface area contributed by atoms with E-state index in [0.29, 0.717) is 16.5 Å². The number of methoxy groups -OCH3 is 1. The van der Waals surface area contributed by atoms with Crippen molar-refractivity contribution in [2.75, 3.05) is 12.5 Å². The van der Waals surface area contributed by atoms with Crippen LogP contribution in [0.3, 0.4) is 0 Å². The Morgan fingerprint density at radius 2 is 1.94 bits per heavy atom. The smallest absolute Gasteiger partial charge is 0.466 e. The second-order valence-electron chi connectivity index (χ2n) is 2.50. The number of halogens is 1. The minimum Gasteiger partial charge on any atom is -0.497 e. The van der Waals surface area contributed by atoms with Crippen molar-refractivity contribution in [1.82, 2.24) is 0 Å². The summed E-state index contributed by atoms with van der Waals surface area (Å²) < 4.78 is 13.8. The number of nitrogen functional groups attached to an aromatic ring is 1. The Morgan fingerprint density at radius 3 is 2.25 bits per heavy atom. The zero-order valence-corrected chi connectivity index (χ0v) is 9.94. The largest absolute Gasteiger partial charge is 0.497 e. The molecule has 0 aliphatic carbocycles. The Labute approximate surface area is 97.0 Å². The third-order valence-electron chi connectivity index (χ3n) is 1.33. The number of hydrogen-bond acceptors (Lipinski definition) is 4. The average molecular weight is 271 g/mol. The molecule has 0 saturated carbocycles. The molecule has 1 aromatic rings. The Morgan fingerprint density at radius 1 is 1.44 bits per heavy atom. The summed E-state index contributed by atoms with van der Waals surface area (Å²) in [6.45, 7) is 0. The number of hydrazine groups is 1. The van der Waals surface area contributed by atoms with Gasteiger partial charge >= 0.3 is 7.82 Å². The summed E-state index contributed by atoms with van der Waals surface area (Å²) in [5, 5.41) is 0.548. The average Bonchev–Trinajstić information content (AvgIpc) is 2.15. The summed E-state index contributed by atoms with van der Waals surface area (Å²) in [6, 6.07) is 5.22. The lowest BCUT2D eigenvalue weighted by molar-refractivity contribution is 0.275. The predicted molar refractivity (Wildman–Crippen MR) is 60.1 cm³/mol. The van der Waals surface area contributed by atoms with Crippen LogP contribution in [0.5, 0.6) is 5.75 Å². The summed E-state index contributed by atoms with van der Waals surface area (Å²) in [6.07, 6.45) is 0. The molecule has 0 radical (unpaired) electrons. The number of nitrogens with one attached hydrogen (secondary N) is 1. The van der Waals surface area contributed by atoms with Gasteiger partial charge in [0, 0.05) is 6.07 Å². The van der Waals surface area contributed by atoms with Crippen LogP contribution in [-0.2, 0) is 4.57 Å². The summed E-state index contributed by atoms with van der Waals surface area (Å²) in [5.74, 6) is 5.88. The molecule has 0 aliphatic rings. The van der Waals surface area contributed by atoms with Gasteiger partial charge in [-0.25, -0.2) is 4.57 Å². The quantitative estimate of drug-likeness (QED) is 0.304. The van der Waals surface area contributed by atoms with E-state index in [9.17, 15) is 0 Å². The van der Waals surface area contributed by atoms with E-state index in [2.05, 4.69) is 5.43 Å². The number of ether oxygens (including phenoxy) is 1. The first kappa shape index (κ1) is 15.2. The van der Waals surface area contributed by atoms with Gasteiger partial charge < -0.3 is 24.8 Å². The van der Waals surface area contributed by atoms with Crippen LogP contribution in [0.15, 0.2) is 18.2 Å². The van der Waals surface area contributed by atoms with Crippen LogP contribution in [-0.4, -0.2) is 21.8 Å². The fourth-order valence-electron chi connectivity index (χ4n) is 0.740. The molecule has 0 bridgehead atoms. The monoisotopic (exact) mass is 270 g/mol. The molecule has 7 nitrogen and oxygen atoms in total. The standard InChI is InChI=1S/C7H9ClN2O.H3O4P/c1-11-5-2-3-7(10-9)6(8)4-5;1-5(2,3)4/h2-4,10H,9H2,1H3;(H3,1,2,3,4). The van der Waals surface area contributed by atoms with Crippen LogP contribution in [0.2, 0.25) is 5.02 Å². The van der Waals surface area contributed by atoms with Crippen LogP contribution in [0.1, 0.15) is 0 Å². The molecule has 1 aromatic carbocycles. The molecule has 0 saturated heterocycles. The van der Waals surface area contributed by atoms with Crippen LogP contribution in [0.25, 0.3) is 0 Å². The first-order chi connectivity index (χ1) is 7.27. The zero-order chi connectivity index (χ0) is 12.8. The molecule has 0 heterocycles. The molecule has 0 amide bonds. The highest BCUT2D eigenvalue weighted by molar-refractivity contribution is 7.45. The number of anilines is 1. The maximum Gasteiger partial charge on any atom is 0.466 e. The van der Waals surface area contributed by atoms with E-state index in [0.717, 1.165) is 0 Å². The van der Waals surface area contributed by atoms with Gasteiger partial charge in [0.15, 0.2) is 0 Å². The highest BCUT2D eigenvalue weighted by Gasteiger charge is 2.00. The molecule has 16 heavy (non-hydrogen) atoms. The molecule has 0 fully saturated rings. The number of hydrogen-bond donors (Lipinski definition) is 5. The van der Waals surface area contributed by atoms with E-state index >= 15 is 0 Å². The van der Waals surface area contributed by atoms with Crippen LogP contribution >= 0.6 is 19.4 Å². The van der Waals surface area contributed by atoms with E-state index in [1.165, 1.54) is 0 Å². The van der Waals surface area contributed by atoms with Crippen LogP contribution < -0.4 is 16.0 Å². The second kappa shape index (κ2) is 6.70. The van der Waals surface area contributed by atoms with Gasteiger partial charge in [0.2, 0.25) is 0 Å². The predicted octanol–water partition coefficient (Wildman–Crippen LogP) is 0.706. The first-order valence-electron chi connectivity index (χ1n) is 3.86. The molecule has 0 atom stereocenters. The van der Waals surface area contributed by atoms with Gasteiger partial charge in [-0.2, -0.15) is 0 Å². The molecule has 9 heteroatoms. The first-order valence-corrected chi connectivity index (χ1v) is 5.80. The van der Waals surface area contributed by atoms with Crippen molar-refractivity contribution < 1.29 is 24.0 Å². The minimum atomic E-state index is -4.64. The maximum atomic E-state index is 8.88. The maximum absolute atomic E-state index is 8.88. The Kier molecular flexibility index (Phi) is 6.35. The van der Waals surface area contributed by atoms with E-state index in [1.54, 1.807) is 25.3 Å². The van der Waals surface area contributed by atoms with Crippen molar-refractivity contribution in [1.29, 1.82) is 0 Å². The number of benzene rings is 1. The molecular weight excluding hydrogens is 259 g/mol. The topological polar surface area (TPSA) is 125 Å². The lowest BCUT2D eigenvalue weighted by Crippen LogP contribution is -2.06. The van der Waals surface area contributed by atoms with Crippen molar-refractivity contribution in [2.45, 2.75) is 0 Å². The van der Waals surface area contributed by atoms with Crippen molar-refractivity contribution >= 4 is 25.1 Å².